The first-order valence-electron chi connectivity index (χ1n) is 5.15. The summed E-state index contributed by atoms with van der Waals surface area (Å²) in [6.07, 6.45) is 1.36. The second kappa shape index (κ2) is 4.37. The lowest BCUT2D eigenvalue weighted by molar-refractivity contribution is -0.138. The Morgan fingerprint density at radius 2 is 2.18 bits per heavy atom. The highest BCUT2D eigenvalue weighted by atomic mass is 16.5. The molecule has 17 heavy (non-hydrogen) atoms. The van der Waals surface area contributed by atoms with Crippen molar-refractivity contribution < 1.29 is 14.6 Å². The second-order valence-corrected chi connectivity index (χ2v) is 3.68. The molecule has 1 N–H and O–H groups in total. The molecule has 1 heterocycles. The molecule has 2 aromatic rings. The number of fused-ring (bicyclic) bond motifs is 1. The van der Waals surface area contributed by atoms with E-state index in [9.17, 15) is 4.79 Å². The van der Waals surface area contributed by atoms with E-state index < -0.39 is 11.9 Å². The van der Waals surface area contributed by atoms with E-state index >= 15 is 0 Å². The molecule has 0 bridgehead atoms. The summed E-state index contributed by atoms with van der Waals surface area (Å²) in [6.45, 7) is 1.60. The summed E-state index contributed by atoms with van der Waals surface area (Å²) in [5.41, 5.74) is 1.13. The summed E-state index contributed by atoms with van der Waals surface area (Å²) in [5.74, 6) is -0.968. The molecule has 88 valence electrons. The molecular weight excluding hydrogens is 220 g/mol. The van der Waals surface area contributed by atoms with Gasteiger partial charge in [0.05, 0.1) is 18.7 Å². The SMILES string of the molecule is COc1cccc2c(C(C)C(=O)O)ncnc12. The first-order chi connectivity index (χ1) is 8.15. The molecule has 5 heteroatoms. The minimum atomic E-state index is -0.909. The van der Waals surface area contributed by atoms with E-state index in [0.29, 0.717) is 22.3 Å². The Morgan fingerprint density at radius 3 is 2.82 bits per heavy atom. The molecule has 1 aromatic carbocycles. The van der Waals surface area contributed by atoms with Crippen LogP contribution in [-0.4, -0.2) is 28.2 Å². The Morgan fingerprint density at radius 1 is 1.41 bits per heavy atom. The number of aliphatic carboxylic acids is 1. The van der Waals surface area contributed by atoms with Gasteiger partial charge in [-0.1, -0.05) is 12.1 Å². The van der Waals surface area contributed by atoms with Crippen LogP contribution in [0.25, 0.3) is 10.9 Å². The zero-order valence-corrected chi connectivity index (χ0v) is 9.54. The Labute approximate surface area is 98.1 Å². The van der Waals surface area contributed by atoms with Crippen molar-refractivity contribution >= 4 is 16.9 Å². The summed E-state index contributed by atoms with van der Waals surface area (Å²) in [6, 6.07) is 5.37. The van der Waals surface area contributed by atoms with Gasteiger partial charge in [0.25, 0.3) is 0 Å². The Kier molecular flexibility index (Phi) is 2.91. The zero-order chi connectivity index (χ0) is 12.4. The zero-order valence-electron chi connectivity index (χ0n) is 9.54. The van der Waals surface area contributed by atoms with Gasteiger partial charge in [0, 0.05) is 5.39 Å². The first kappa shape index (κ1) is 11.3. The number of benzene rings is 1. The average molecular weight is 232 g/mol. The van der Waals surface area contributed by atoms with Gasteiger partial charge < -0.3 is 9.84 Å². The maximum absolute atomic E-state index is 11.0. The summed E-state index contributed by atoms with van der Waals surface area (Å²) < 4.78 is 5.18. The van der Waals surface area contributed by atoms with E-state index in [1.165, 1.54) is 6.33 Å². The molecular formula is C12H12N2O3. The third-order valence-corrected chi connectivity index (χ3v) is 2.66. The van der Waals surface area contributed by atoms with Gasteiger partial charge in [0.15, 0.2) is 0 Å². The first-order valence-corrected chi connectivity index (χ1v) is 5.15. The van der Waals surface area contributed by atoms with Crippen molar-refractivity contribution in [2.45, 2.75) is 12.8 Å². The van der Waals surface area contributed by atoms with E-state index in [0.717, 1.165) is 0 Å². The van der Waals surface area contributed by atoms with E-state index in [1.807, 2.05) is 0 Å². The highest BCUT2D eigenvalue weighted by molar-refractivity contribution is 5.90. The second-order valence-electron chi connectivity index (χ2n) is 3.68. The van der Waals surface area contributed by atoms with Crippen LogP contribution in [0.4, 0.5) is 0 Å². The normalized spacial score (nSPS) is 12.4. The van der Waals surface area contributed by atoms with Gasteiger partial charge in [-0.15, -0.1) is 0 Å². The minimum absolute atomic E-state index is 0.501. The molecule has 0 aliphatic heterocycles. The number of rotatable bonds is 3. The third-order valence-electron chi connectivity index (χ3n) is 2.66. The van der Waals surface area contributed by atoms with E-state index in [1.54, 1.807) is 32.2 Å². The van der Waals surface area contributed by atoms with Crippen molar-refractivity contribution in [3.8, 4) is 5.75 Å². The summed E-state index contributed by atoms with van der Waals surface area (Å²) in [5, 5.41) is 9.74. The lowest BCUT2D eigenvalue weighted by atomic mass is 10.0. The lowest BCUT2D eigenvalue weighted by Crippen LogP contribution is -2.10. The molecule has 1 unspecified atom stereocenters. The highest BCUT2D eigenvalue weighted by Gasteiger charge is 2.19. The van der Waals surface area contributed by atoms with Crippen molar-refractivity contribution in [1.29, 1.82) is 0 Å². The van der Waals surface area contributed by atoms with E-state index in [-0.39, 0.29) is 0 Å². The molecule has 1 atom stereocenters. The van der Waals surface area contributed by atoms with Crippen molar-refractivity contribution in [3.05, 3.63) is 30.2 Å². The van der Waals surface area contributed by atoms with E-state index in [2.05, 4.69) is 9.97 Å². The minimum Gasteiger partial charge on any atom is -0.494 e. The molecule has 0 radical (unpaired) electrons. The number of hydrogen-bond acceptors (Lipinski definition) is 4. The standard InChI is InChI=1S/C12H12N2O3/c1-7(12(15)16)10-8-4-3-5-9(17-2)11(8)14-6-13-10/h3-7H,1-2H3,(H,15,16). The summed E-state index contributed by atoms with van der Waals surface area (Å²) in [4.78, 5) is 19.2. The third kappa shape index (κ3) is 1.91. The summed E-state index contributed by atoms with van der Waals surface area (Å²) >= 11 is 0. The van der Waals surface area contributed by atoms with Crippen LogP contribution in [0.15, 0.2) is 24.5 Å². The van der Waals surface area contributed by atoms with Crippen LogP contribution in [0.1, 0.15) is 18.5 Å². The number of para-hydroxylation sites is 1. The number of aromatic nitrogens is 2. The number of hydrogen-bond donors (Lipinski definition) is 1. The van der Waals surface area contributed by atoms with Crippen LogP contribution in [-0.2, 0) is 4.79 Å². The summed E-state index contributed by atoms with van der Waals surface area (Å²) in [7, 11) is 1.55. The maximum Gasteiger partial charge on any atom is 0.312 e. The predicted octanol–water partition coefficient (Wildman–Crippen LogP) is 1.83. The lowest BCUT2D eigenvalue weighted by Gasteiger charge is -2.10. The average Bonchev–Trinajstić information content (AvgIpc) is 2.36. The molecule has 0 fully saturated rings. The van der Waals surface area contributed by atoms with Gasteiger partial charge in [0.1, 0.15) is 17.6 Å². The van der Waals surface area contributed by atoms with Gasteiger partial charge in [0.2, 0.25) is 0 Å². The number of methoxy groups -OCH3 is 1. The molecule has 0 saturated heterocycles. The Bertz CT molecular complexity index is 569. The van der Waals surface area contributed by atoms with Crippen molar-refractivity contribution in [2.24, 2.45) is 0 Å². The molecule has 0 aliphatic rings. The molecule has 0 saturated carbocycles. The van der Waals surface area contributed by atoms with Gasteiger partial charge in [-0.3, -0.25) is 4.79 Å². The van der Waals surface area contributed by atoms with Crippen LogP contribution < -0.4 is 4.74 Å². The monoisotopic (exact) mass is 232 g/mol. The topological polar surface area (TPSA) is 72.3 Å². The molecule has 2 rings (SSSR count). The molecule has 1 aromatic heterocycles. The number of carbonyl (C=O) groups is 1. The Balaban J connectivity index is 2.70. The number of nitrogens with zero attached hydrogens (tertiary/aromatic N) is 2. The molecule has 0 amide bonds. The van der Waals surface area contributed by atoms with E-state index in [4.69, 9.17) is 9.84 Å². The molecule has 5 nitrogen and oxygen atoms in total. The van der Waals surface area contributed by atoms with Gasteiger partial charge in [-0.25, -0.2) is 9.97 Å². The van der Waals surface area contributed by atoms with Gasteiger partial charge in [-0.05, 0) is 13.0 Å². The van der Waals surface area contributed by atoms with Crippen LogP contribution >= 0.6 is 0 Å². The fraction of sp³-hybridized carbons (Fsp3) is 0.250. The van der Waals surface area contributed by atoms with Crippen LogP contribution in [0, 0.1) is 0 Å². The largest absolute Gasteiger partial charge is 0.494 e. The highest BCUT2D eigenvalue weighted by Crippen LogP contribution is 2.28. The van der Waals surface area contributed by atoms with Crippen LogP contribution in [0.5, 0.6) is 5.75 Å². The number of carboxylic acid groups (broad SMARTS) is 1. The van der Waals surface area contributed by atoms with Crippen LogP contribution in [0.3, 0.4) is 0 Å². The van der Waals surface area contributed by atoms with Crippen molar-refractivity contribution in [1.82, 2.24) is 9.97 Å². The van der Waals surface area contributed by atoms with Crippen molar-refractivity contribution in [3.63, 3.8) is 0 Å². The van der Waals surface area contributed by atoms with Crippen LogP contribution in [0.2, 0.25) is 0 Å². The smallest absolute Gasteiger partial charge is 0.312 e. The number of carboxylic acids is 1. The fourth-order valence-electron chi connectivity index (χ4n) is 1.71. The predicted molar refractivity (Wildman–Crippen MR) is 62.1 cm³/mol. The van der Waals surface area contributed by atoms with Gasteiger partial charge >= 0.3 is 5.97 Å². The van der Waals surface area contributed by atoms with Crippen molar-refractivity contribution in [2.75, 3.05) is 7.11 Å². The fourth-order valence-corrected chi connectivity index (χ4v) is 1.71. The quantitative estimate of drug-likeness (QED) is 0.873. The number of ether oxygens (including phenoxy) is 1. The molecule has 0 aliphatic carbocycles. The Hall–Kier alpha value is -2.17. The van der Waals surface area contributed by atoms with Gasteiger partial charge in [-0.2, -0.15) is 0 Å². The maximum atomic E-state index is 11.0. The molecule has 0 spiro atoms.